The molecule has 1 N–H and O–H groups in total. The van der Waals surface area contributed by atoms with Crippen molar-refractivity contribution < 1.29 is 4.74 Å². The highest BCUT2D eigenvalue weighted by Crippen LogP contribution is 2.18. The minimum Gasteiger partial charge on any atom is -0.478 e. The molecular formula is C21H37N5O. The second-order valence-electron chi connectivity index (χ2n) is 7.11. The highest BCUT2D eigenvalue weighted by Gasteiger charge is 2.25. The van der Waals surface area contributed by atoms with Crippen LogP contribution in [0.3, 0.4) is 0 Å². The van der Waals surface area contributed by atoms with E-state index in [1.165, 1.54) is 13.0 Å². The van der Waals surface area contributed by atoms with Gasteiger partial charge in [0.05, 0.1) is 13.2 Å². The lowest BCUT2D eigenvalue weighted by atomic mass is 10.1. The predicted molar refractivity (Wildman–Crippen MR) is 112 cm³/mol. The quantitative estimate of drug-likeness (QED) is 0.503. The zero-order chi connectivity index (χ0) is 19.5. The Balaban J connectivity index is 1.92. The molecule has 1 aromatic heterocycles. The molecule has 1 fully saturated rings. The zero-order valence-corrected chi connectivity index (χ0v) is 17.6. The molecule has 1 atom stereocenters. The van der Waals surface area contributed by atoms with Crippen LogP contribution < -0.4 is 10.1 Å². The first-order chi connectivity index (χ1) is 13.2. The number of aromatic nitrogens is 1. The third-order valence-electron chi connectivity index (χ3n) is 4.99. The second-order valence-corrected chi connectivity index (χ2v) is 7.11. The first kappa shape index (κ1) is 21.5. The average molecular weight is 376 g/mol. The third kappa shape index (κ3) is 7.01. The van der Waals surface area contributed by atoms with Crippen molar-refractivity contribution in [3.63, 3.8) is 0 Å². The zero-order valence-electron chi connectivity index (χ0n) is 17.6. The van der Waals surface area contributed by atoms with Crippen LogP contribution in [-0.2, 0) is 6.54 Å². The summed E-state index contributed by atoms with van der Waals surface area (Å²) in [7, 11) is 0. The summed E-state index contributed by atoms with van der Waals surface area (Å²) in [5.74, 6) is 2.44. The number of likely N-dealkylation sites (tertiary alicyclic amines) is 1. The van der Waals surface area contributed by atoms with E-state index in [2.05, 4.69) is 53.9 Å². The van der Waals surface area contributed by atoms with Crippen LogP contribution in [0.1, 0.15) is 46.1 Å². The molecule has 6 heteroatoms. The Hall–Kier alpha value is -1.82. The molecule has 1 aromatic rings. The maximum absolute atomic E-state index is 5.55. The molecule has 0 aliphatic carbocycles. The molecule has 0 aromatic carbocycles. The minimum atomic E-state index is 0.639. The van der Waals surface area contributed by atoms with Gasteiger partial charge in [0.2, 0.25) is 5.88 Å². The van der Waals surface area contributed by atoms with Crippen LogP contribution in [0.15, 0.2) is 23.3 Å². The Morgan fingerprint density at radius 1 is 1.30 bits per heavy atom. The smallest absolute Gasteiger partial charge is 0.213 e. The summed E-state index contributed by atoms with van der Waals surface area (Å²) in [5.41, 5.74) is 1.10. The van der Waals surface area contributed by atoms with Gasteiger partial charge in [0.1, 0.15) is 0 Å². The minimum absolute atomic E-state index is 0.639. The second kappa shape index (κ2) is 11.8. The van der Waals surface area contributed by atoms with Crippen molar-refractivity contribution in [3.8, 4) is 5.88 Å². The number of nitrogens with zero attached hydrogens (tertiary/aromatic N) is 4. The first-order valence-corrected chi connectivity index (χ1v) is 10.5. The van der Waals surface area contributed by atoms with Crippen LogP contribution in [0.4, 0.5) is 0 Å². The Kier molecular flexibility index (Phi) is 9.39. The molecular weight excluding hydrogens is 338 g/mol. The van der Waals surface area contributed by atoms with Crippen LogP contribution in [0.2, 0.25) is 0 Å². The molecule has 0 amide bonds. The van der Waals surface area contributed by atoms with E-state index >= 15 is 0 Å². The van der Waals surface area contributed by atoms with Gasteiger partial charge in [0, 0.05) is 38.4 Å². The van der Waals surface area contributed by atoms with Crippen molar-refractivity contribution in [2.75, 3.05) is 45.9 Å². The summed E-state index contributed by atoms with van der Waals surface area (Å²) < 4.78 is 5.55. The van der Waals surface area contributed by atoms with Crippen LogP contribution in [0.25, 0.3) is 0 Å². The third-order valence-corrected chi connectivity index (χ3v) is 4.99. The van der Waals surface area contributed by atoms with E-state index in [1.807, 2.05) is 12.3 Å². The number of hydrogen-bond donors (Lipinski definition) is 1. The summed E-state index contributed by atoms with van der Waals surface area (Å²) in [6.07, 6.45) is 4.10. The van der Waals surface area contributed by atoms with Crippen molar-refractivity contribution in [3.05, 3.63) is 23.9 Å². The van der Waals surface area contributed by atoms with E-state index in [4.69, 9.17) is 9.73 Å². The fourth-order valence-electron chi connectivity index (χ4n) is 3.41. The lowest BCUT2D eigenvalue weighted by molar-refractivity contribution is 0.255. The topological polar surface area (TPSA) is 53.0 Å². The van der Waals surface area contributed by atoms with Crippen LogP contribution >= 0.6 is 0 Å². The van der Waals surface area contributed by atoms with Gasteiger partial charge in [-0.25, -0.2) is 9.98 Å². The molecule has 2 heterocycles. The summed E-state index contributed by atoms with van der Waals surface area (Å²) >= 11 is 0. The summed E-state index contributed by atoms with van der Waals surface area (Å²) in [5, 5.41) is 3.45. The molecule has 27 heavy (non-hydrogen) atoms. The Labute approximate surface area is 165 Å². The lowest BCUT2D eigenvalue weighted by Crippen LogP contribution is -2.40. The van der Waals surface area contributed by atoms with E-state index in [-0.39, 0.29) is 0 Å². The maximum atomic E-state index is 5.55. The SMILES string of the molecule is CCCOc1ccc(CN=C(NCC)N2CCC(CN(CC)CC)C2)cn1. The van der Waals surface area contributed by atoms with Crippen LogP contribution in [0, 0.1) is 5.92 Å². The van der Waals surface area contributed by atoms with Crippen molar-refractivity contribution >= 4 is 5.96 Å². The Morgan fingerprint density at radius 3 is 2.74 bits per heavy atom. The monoisotopic (exact) mass is 375 g/mol. The molecule has 6 nitrogen and oxygen atoms in total. The fraction of sp³-hybridized carbons (Fsp3) is 0.714. The van der Waals surface area contributed by atoms with Gasteiger partial charge in [-0.15, -0.1) is 0 Å². The average Bonchev–Trinajstić information content (AvgIpc) is 3.17. The largest absolute Gasteiger partial charge is 0.478 e. The summed E-state index contributed by atoms with van der Waals surface area (Å²) in [6.45, 7) is 16.6. The molecule has 152 valence electrons. The van der Waals surface area contributed by atoms with Crippen LogP contribution in [-0.4, -0.2) is 66.6 Å². The number of rotatable bonds is 10. The molecule has 0 spiro atoms. The van der Waals surface area contributed by atoms with E-state index in [0.29, 0.717) is 19.0 Å². The maximum Gasteiger partial charge on any atom is 0.213 e. The van der Waals surface area contributed by atoms with E-state index in [0.717, 1.165) is 56.6 Å². The molecule has 0 radical (unpaired) electrons. The van der Waals surface area contributed by atoms with Gasteiger partial charge in [0.25, 0.3) is 0 Å². The van der Waals surface area contributed by atoms with Gasteiger partial charge in [-0.2, -0.15) is 0 Å². The number of aliphatic imine (C=N–C) groups is 1. The molecule has 1 aliphatic rings. The summed E-state index contributed by atoms with van der Waals surface area (Å²) in [4.78, 5) is 14.1. The number of hydrogen-bond acceptors (Lipinski definition) is 4. The van der Waals surface area contributed by atoms with Gasteiger partial charge < -0.3 is 19.9 Å². The highest BCUT2D eigenvalue weighted by molar-refractivity contribution is 5.80. The fourth-order valence-corrected chi connectivity index (χ4v) is 3.41. The van der Waals surface area contributed by atoms with E-state index < -0.39 is 0 Å². The van der Waals surface area contributed by atoms with Crippen molar-refractivity contribution in [2.24, 2.45) is 10.9 Å². The number of ether oxygens (including phenoxy) is 1. The van der Waals surface area contributed by atoms with Gasteiger partial charge >= 0.3 is 0 Å². The predicted octanol–water partition coefficient (Wildman–Crippen LogP) is 3.00. The first-order valence-electron chi connectivity index (χ1n) is 10.5. The normalized spacial score (nSPS) is 17.6. The van der Waals surface area contributed by atoms with E-state index in [1.54, 1.807) is 0 Å². The Morgan fingerprint density at radius 2 is 2.11 bits per heavy atom. The highest BCUT2D eigenvalue weighted by atomic mass is 16.5. The molecule has 1 unspecified atom stereocenters. The molecule has 1 aliphatic heterocycles. The van der Waals surface area contributed by atoms with Crippen LogP contribution in [0.5, 0.6) is 5.88 Å². The standard InChI is InChI=1S/C21H37N5O/c1-5-13-27-20-10-9-18(14-23-20)15-24-21(22-6-2)26-12-11-19(17-26)16-25(7-3)8-4/h9-10,14,19H,5-8,11-13,15-17H2,1-4H3,(H,22,24). The number of nitrogens with one attached hydrogen (secondary N) is 1. The number of guanidine groups is 1. The van der Waals surface area contributed by atoms with Gasteiger partial charge in [-0.3, -0.25) is 0 Å². The van der Waals surface area contributed by atoms with E-state index in [9.17, 15) is 0 Å². The Bertz CT molecular complexity index is 556. The van der Waals surface area contributed by atoms with Gasteiger partial charge in [-0.1, -0.05) is 26.8 Å². The summed E-state index contributed by atoms with van der Waals surface area (Å²) in [6, 6.07) is 3.99. The molecule has 0 bridgehead atoms. The van der Waals surface area contributed by atoms with Crippen molar-refractivity contribution in [1.29, 1.82) is 0 Å². The molecule has 2 rings (SSSR count). The van der Waals surface area contributed by atoms with Crippen molar-refractivity contribution in [2.45, 2.75) is 47.1 Å². The van der Waals surface area contributed by atoms with Gasteiger partial charge in [-0.05, 0) is 44.3 Å². The molecule has 0 saturated carbocycles. The number of pyridine rings is 1. The molecule has 1 saturated heterocycles. The lowest BCUT2D eigenvalue weighted by Gasteiger charge is -2.24. The van der Waals surface area contributed by atoms with Crippen molar-refractivity contribution in [1.82, 2.24) is 20.1 Å². The van der Waals surface area contributed by atoms with Gasteiger partial charge in [0.15, 0.2) is 5.96 Å².